The molecule has 1 aliphatic rings. The molecule has 0 saturated heterocycles. The van der Waals surface area contributed by atoms with E-state index in [0.29, 0.717) is 11.6 Å². The van der Waals surface area contributed by atoms with Gasteiger partial charge < -0.3 is 9.52 Å². The first-order valence-corrected chi connectivity index (χ1v) is 6.29. The Morgan fingerprint density at radius 2 is 2.35 bits per heavy atom. The van der Waals surface area contributed by atoms with Gasteiger partial charge in [0.25, 0.3) is 0 Å². The Morgan fingerprint density at radius 1 is 1.53 bits per heavy atom. The predicted molar refractivity (Wildman–Crippen MR) is 63.5 cm³/mol. The molecule has 2 aromatic rings. The van der Waals surface area contributed by atoms with Gasteiger partial charge in [0, 0.05) is 4.88 Å². The number of oxazole rings is 1. The highest BCUT2D eigenvalue weighted by molar-refractivity contribution is 7.15. The molecule has 3 rings (SSSR count). The molecular formula is C12H11NO3S. The lowest BCUT2D eigenvalue weighted by Crippen LogP contribution is -1.95. The molecule has 0 radical (unpaired) electrons. The number of thiophene rings is 1. The lowest BCUT2D eigenvalue weighted by atomic mass is 10.2. The fourth-order valence-corrected chi connectivity index (χ4v) is 3.31. The molecule has 5 heteroatoms. The largest absolute Gasteiger partial charge is 0.475 e. The number of hydrogen-bond acceptors (Lipinski definition) is 4. The first-order chi connectivity index (χ1) is 8.15. The maximum Gasteiger partial charge on any atom is 0.373 e. The van der Waals surface area contributed by atoms with Crippen molar-refractivity contribution in [3.05, 3.63) is 28.0 Å². The number of aromatic nitrogens is 1. The summed E-state index contributed by atoms with van der Waals surface area (Å²) < 4.78 is 5.30. The number of aromatic carboxylic acids is 1. The highest BCUT2D eigenvalue weighted by atomic mass is 32.1. The summed E-state index contributed by atoms with van der Waals surface area (Å²) in [6.07, 6.45) is 3.44. The number of rotatable bonds is 2. The van der Waals surface area contributed by atoms with Crippen LogP contribution in [0.25, 0.3) is 10.8 Å². The Kier molecular flexibility index (Phi) is 2.29. The van der Waals surface area contributed by atoms with Crippen LogP contribution >= 0.6 is 11.3 Å². The Morgan fingerprint density at radius 3 is 3.00 bits per heavy atom. The SMILES string of the molecule is Cc1nc(-c2cc3c(s2)CCC3)oc1C(=O)O. The third kappa shape index (κ3) is 1.67. The van der Waals surface area contributed by atoms with E-state index in [0.717, 1.165) is 17.7 Å². The minimum absolute atomic E-state index is 0.0615. The van der Waals surface area contributed by atoms with Crippen LogP contribution in [0, 0.1) is 6.92 Å². The van der Waals surface area contributed by atoms with Crippen molar-refractivity contribution in [2.75, 3.05) is 0 Å². The Labute approximate surface area is 102 Å². The summed E-state index contributed by atoms with van der Waals surface area (Å²) in [5.41, 5.74) is 1.79. The quantitative estimate of drug-likeness (QED) is 0.888. The average Bonchev–Trinajstić information content (AvgIpc) is 2.88. The molecule has 0 spiro atoms. The van der Waals surface area contributed by atoms with Gasteiger partial charge in [0.05, 0.1) is 10.6 Å². The Hall–Kier alpha value is -1.62. The first-order valence-electron chi connectivity index (χ1n) is 5.48. The summed E-state index contributed by atoms with van der Waals surface area (Å²) in [5.74, 6) is -0.696. The fourth-order valence-electron chi connectivity index (χ4n) is 2.13. The van der Waals surface area contributed by atoms with E-state index in [2.05, 4.69) is 11.1 Å². The molecule has 0 aliphatic heterocycles. The Balaban J connectivity index is 2.03. The van der Waals surface area contributed by atoms with Crippen molar-refractivity contribution in [1.29, 1.82) is 0 Å². The number of carboxylic acid groups (broad SMARTS) is 1. The molecule has 4 nitrogen and oxygen atoms in total. The number of aryl methyl sites for hydroxylation is 3. The molecule has 0 aromatic carbocycles. The van der Waals surface area contributed by atoms with E-state index in [1.54, 1.807) is 18.3 Å². The van der Waals surface area contributed by atoms with Crippen molar-refractivity contribution >= 4 is 17.3 Å². The lowest BCUT2D eigenvalue weighted by Gasteiger charge is -1.89. The van der Waals surface area contributed by atoms with Crippen molar-refractivity contribution in [2.24, 2.45) is 0 Å². The molecule has 1 aliphatic carbocycles. The second-order valence-electron chi connectivity index (χ2n) is 4.15. The van der Waals surface area contributed by atoms with Crippen LogP contribution in [0.1, 0.15) is 33.1 Å². The van der Waals surface area contributed by atoms with E-state index in [1.165, 1.54) is 16.9 Å². The summed E-state index contributed by atoms with van der Waals surface area (Å²) in [7, 11) is 0. The van der Waals surface area contributed by atoms with Crippen LogP contribution < -0.4 is 0 Å². The minimum atomic E-state index is -1.06. The normalized spacial score (nSPS) is 13.9. The van der Waals surface area contributed by atoms with Crippen LogP contribution in [0.2, 0.25) is 0 Å². The lowest BCUT2D eigenvalue weighted by molar-refractivity contribution is 0.0662. The summed E-state index contributed by atoms with van der Waals surface area (Å²) in [4.78, 5) is 17.4. The minimum Gasteiger partial charge on any atom is -0.475 e. The molecule has 0 saturated carbocycles. The molecule has 0 atom stereocenters. The van der Waals surface area contributed by atoms with E-state index in [9.17, 15) is 4.79 Å². The zero-order valence-electron chi connectivity index (χ0n) is 9.32. The van der Waals surface area contributed by atoms with Gasteiger partial charge in [-0.05, 0) is 37.8 Å². The van der Waals surface area contributed by atoms with Gasteiger partial charge in [0.1, 0.15) is 0 Å². The standard InChI is InChI=1S/C12H11NO3S/c1-6-10(12(14)15)16-11(13-6)9-5-7-3-2-4-8(7)17-9/h5H,2-4H2,1H3,(H,14,15). The topological polar surface area (TPSA) is 63.3 Å². The van der Waals surface area contributed by atoms with Gasteiger partial charge in [-0.25, -0.2) is 9.78 Å². The van der Waals surface area contributed by atoms with Gasteiger partial charge in [0.2, 0.25) is 11.7 Å². The molecule has 2 heterocycles. The molecule has 88 valence electrons. The molecule has 2 aromatic heterocycles. The zero-order valence-corrected chi connectivity index (χ0v) is 10.1. The number of nitrogens with zero attached hydrogens (tertiary/aromatic N) is 1. The van der Waals surface area contributed by atoms with Crippen LogP contribution in [0.5, 0.6) is 0 Å². The zero-order chi connectivity index (χ0) is 12.0. The maximum absolute atomic E-state index is 10.9. The summed E-state index contributed by atoms with van der Waals surface area (Å²) in [5, 5.41) is 8.91. The van der Waals surface area contributed by atoms with Crippen molar-refractivity contribution in [3.63, 3.8) is 0 Å². The van der Waals surface area contributed by atoms with Crippen LogP contribution in [0.3, 0.4) is 0 Å². The predicted octanol–water partition coefficient (Wildman–Crippen LogP) is 2.90. The van der Waals surface area contributed by atoms with Crippen LogP contribution in [-0.2, 0) is 12.8 Å². The van der Waals surface area contributed by atoms with E-state index in [4.69, 9.17) is 9.52 Å². The van der Waals surface area contributed by atoms with Gasteiger partial charge in [-0.2, -0.15) is 0 Å². The molecule has 0 fully saturated rings. The van der Waals surface area contributed by atoms with Gasteiger partial charge in [-0.15, -0.1) is 11.3 Å². The third-order valence-electron chi connectivity index (χ3n) is 2.95. The van der Waals surface area contributed by atoms with E-state index < -0.39 is 5.97 Å². The number of carboxylic acids is 1. The van der Waals surface area contributed by atoms with Gasteiger partial charge >= 0.3 is 5.97 Å². The van der Waals surface area contributed by atoms with E-state index in [1.807, 2.05) is 0 Å². The van der Waals surface area contributed by atoms with E-state index >= 15 is 0 Å². The van der Waals surface area contributed by atoms with Crippen molar-refractivity contribution in [2.45, 2.75) is 26.2 Å². The molecule has 0 bridgehead atoms. The fraction of sp³-hybridized carbons (Fsp3) is 0.333. The second-order valence-corrected chi connectivity index (χ2v) is 5.29. The maximum atomic E-state index is 10.9. The van der Waals surface area contributed by atoms with Crippen LogP contribution in [0.4, 0.5) is 0 Å². The van der Waals surface area contributed by atoms with Gasteiger partial charge in [0.15, 0.2) is 0 Å². The molecule has 0 unspecified atom stereocenters. The molecule has 1 N–H and O–H groups in total. The van der Waals surface area contributed by atoms with Crippen molar-refractivity contribution in [3.8, 4) is 10.8 Å². The average molecular weight is 249 g/mol. The molecular weight excluding hydrogens is 238 g/mol. The van der Waals surface area contributed by atoms with Crippen molar-refractivity contribution in [1.82, 2.24) is 4.98 Å². The third-order valence-corrected chi connectivity index (χ3v) is 4.17. The van der Waals surface area contributed by atoms with Crippen LogP contribution in [0.15, 0.2) is 10.5 Å². The molecule has 17 heavy (non-hydrogen) atoms. The second kappa shape index (κ2) is 3.70. The van der Waals surface area contributed by atoms with Gasteiger partial charge in [-0.3, -0.25) is 0 Å². The van der Waals surface area contributed by atoms with E-state index in [-0.39, 0.29) is 5.76 Å². The highest BCUT2D eigenvalue weighted by Gasteiger charge is 2.21. The highest BCUT2D eigenvalue weighted by Crippen LogP contribution is 2.36. The van der Waals surface area contributed by atoms with Crippen molar-refractivity contribution < 1.29 is 14.3 Å². The first kappa shape index (κ1) is 10.5. The van der Waals surface area contributed by atoms with Crippen LogP contribution in [-0.4, -0.2) is 16.1 Å². The number of hydrogen-bond donors (Lipinski definition) is 1. The Bertz CT molecular complexity index is 575. The van der Waals surface area contributed by atoms with Gasteiger partial charge in [-0.1, -0.05) is 0 Å². The smallest absolute Gasteiger partial charge is 0.373 e. The summed E-state index contributed by atoms with van der Waals surface area (Å²) >= 11 is 1.66. The monoisotopic (exact) mass is 249 g/mol. The number of carbonyl (C=O) groups is 1. The number of fused-ring (bicyclic) bond motifs is 1. The molecule has 0 amide bonds. The summed E-state index contributed by atoms with van der Waals surface area (Å²) in [6, 6.07) is 2.07. The summed E-state index contributed by atoms with van der Waals surface area (Å²) in [6.45, 7) is 1.65.